The van der Waals surface area contributed by atoms with E-state index in [2.05, 4.69) is 21.9 Å². The molecule has 2 rings (SSSR count). The molecule has 0 atom stereocenters. The fourth-order valence-electron chi connectivity index (χ4n) is 1.48. The molecule has 2 heterocycles. The van der Waals surface area contributed by atoms with Crippen molar-refractivity contribution in [3.05, 3.63) is 42.5 Å². The zero-order valence-electron chi connectivity index (χ0n) is 9.00. The number of carbonyl (C=O) groups is 1. The molecule has 0 fully saturated rings. The second-order valence-corrected chi connectivity index (χ2v) is 3.37. The summed E-state index contributed by atoms with van der Waals surface area (Å²) in [6.45, 7) is 2.84. The monoisotopic (exact) mass is 216 g/mol. The highest BCUT2D eigenvalue weighted by molar-refractivity contribution is 6.05. The van der Waals surface area contributed by atoms with Gasteiger partial charge in [-0.2, -0.15) is 0 Å². The first-order valence-electron chi connectivity index (χ1n) is 5.14. The number of hydrogen-bond acceptors (Lipinski definition) is 4. The second kappa shape index (κ2) is 4.65. The fourth-order valence-corrected chi connectivity index (χ4v) is 1.48. The molecule has 0 aliphatic carbocycles. The van der Waals surface area contributed by atoms with E-state index in [9.17, 15) is 4.79 Å². The summed E-state index contributed by atoms with van der Waals surface area (Å²) in [5, 5.41) is 0. The van der Waals surface area contributed by atoms with Gasteiger partial charge in [0, 0.05) is 25.1 Å². The molecule has 0 aromatic carbocycles. The number of aromatic nitrogens is 4. The summed E-state index contributed by atoms with van der Waals surface area (Å²) in [5.74, 6) is 0.265. The van der Waals surface area contributed by atoms with E-state index in [1.54, 1.807) is 24.7 Å². The summed E-state index contributed by atoms with van der Waals surface area (Å²) >= 11 is 0. The van der Waals surface area contributed by atoms with Crippen LogP contribution in [0.2, 0.25) is 0 Å². The van der Waals surface area contributed by atoms with Gasteiger partial charge < -0.3 is 4.57 Å². The number of aryl methyl sites for hydroxylation is 1. The van der Waals surface area contributed by atoms with Crippen molar-refractivity contribution >= 4 is 5.78 Å². The Labute approximate surface area is 93.2 Å². The molecule has 0 spiro atoms. The highest BCUT2D eigenvalue weighted by atomic mass is 16.1. The highest BCUT2D eigenvalue weighted by Crippen LogP contribution is 2.05. The largest absolute Gasteiger partial charge is 0.328 e. The zero-order chi connectivity index (χ0) is 11.4. The lowest BCUT2D eigenvalue weighted by Gasteiger charge is -2.04. The van der Waals surface area contributed by atoms with E-state index in [-0.39, 0.29) is 5.78 Å². The first-order valence-corrected chi connectivity index (χ1v) is 5.14. The SMILES string of the molecule is CCCn1ccnc1C(=O)c1ccncn1. The Morgan fingerprint density at radius 2 is 2.25 bits per heavy atom. The molecule has 5 heteroatoms. The van der Waals surface area contributed by atoms with Gasteiger partial charge in [0.2, 0.25) is 5.78 Å². The third-order valence-corrected chi connectivity index (χ3v) is 2.20. The van der Waals surface area contributed by atoms with Gasteiger partial charge in [-0.15, -0.1) is 0 Å². The molecule has 0 unspecified atom stereocenters. The molecule has 0 radical (unpaired) electrons. The maximum Gasteiger partial charge on any atom is 0.246 e. The van der Waals surface area contributed by atoms with Crippen molar-refractivity contribution in [3.8, 4) is 0 Å². The van der Waals surface area contributed by atoms with Crippen molar-refractivity contribution in [2.75, 3.05) is 0 Å². The average Bonchev–Trinajstić information content (AvgIpc) is 2.78. The highest BCUT2D eigenvalue weighted by Gasteiger charge is 2.15. The smallest absolute Gasteiger partial charge is 0.246 e. The van der Waals surface area contributed by atoms with E-state index in [1.807, 2.05) is 4.57 Å². The summed E-state index contributed by atoms with van der Waals surface area (Å²) in [4.78, 5) is 23.8. The van der Waals surface area contributed by atoms with Crippen LogP contribution >= 0.6 is 0 Å². The van der Waals surface area contributed by atoms with Crippen LogP contribution in [0.25, 0.3) is 0 Å². The van der Waals surface area contributed by atoms with Crippen LogP contribution in [0.15, 0.2) is 31.0 Å². The van der Waals surface area contributed by atoms with Crippen LogP contribution in [-0.2, 0) is 6.54 Å². The molecule has 16 heavy (non-hydrogen) atoms. The molecule has 0 bridgehead atoms. The topological polar surface area (TPSA) is 60.7 Å². The summed E-state index contributed by atoms with van der Waals surface area (Å²) in [7, 11) is 0. The third kappa shape index (κ3) is 1.98. The van der Waals surface area contributed by atoms with Crippen molar-refractivity contribution in [1.82, 2.24) is 19.5 Å². The molecule has 0 aliphatic heterocycles. The van der Waals surface area contributed by atoms with Gasteiger partial charge in [-0.1, -0.05) is 6.92 Å². The lowest BCUT2D eigenvalue weighted by Crippen LogP contribution is -2.12. The molecule has 5 nitrogen and oxygen atoms in total. The summed E-state index contributed by atoms with van der Waals surface area (Å²) in [6.07, 6.45) is 7.30. The number of hydrogen-bond donors (Lipinski definition) is 0. The molecule has 0 N–H and O–H groups in total. The van der Waals surface area contributed by atoms with Crippen LogP contribution in [0.1, 0.15) is 29.7 Å². The Hall–Kier alpha value is -2.04. The second-order valence-electron chi connectivity index (χ2n) is 3.37. The van der Waals surface area contributed by atoms with E-state index >= 15 is 0 Å². The molecule has 0 saturated carbocycles. The number of carbonyl (C=O) groups excluding carboxylic acids is 1. The Kier molecular flexibility index (Phi) is 3.05. The van der Waals surface area contributed by atoms with Crippen LogP contribution in [0.3, 0.4) is 0 Å². The van der Waals surface area contributed by atoms with Crippen molar-refractivity contribution in [3.63, 3.8) is 0 Å². The molecule has 0 aliphatic rings. The van der Waals surface area contributed by atoms with Crippen LogP contribution in [0, 0.1) is 0 Å². The van der Waals surface area contributed by atoms with Gasteiger partial charge in [-0.25, -0.2) is 15.0 Å². The summed E-state index contributed by atoms with van der Waals surface area (Å²) in [6, 6.07) is 1.59. The quantitative estimate of drug-likeness (QED) is 0.723. The van der Waals surface area contributed by atoms with Crippen LogP contribution in [0.4, 0.5) is 0 Å². The van der Waals surface area contributed by atoms with E-state index in [4.69, 9.17) is 0 Å². The van der Waals surface area contributed by atoms with Gasteiger partial charge in [0.05, 0.1) is 0 Å². The molecule has 0 amide bonds. The maximum atomic E-state index is 12.0. The average molecular weight is 216 g/mol. The van der Waals surface area contributed by atoms with Gasteiger partial charge >= 0.3 is 0 Å². The van der Waals surface area contributed by atoms with Gasteiger partial charge in [0.25, 0.3) is 0 Å². The Morgan fingerprint density at radius 3 is 2.94 bits per heavy atom. The van der Waals surface area contributed by atoms with Crippen LogP contribution in [0.5, 0.6) is 0 Å². The standard InChI is InChI=1S/C11H12N4O/c1-2-6-15-7-5-13-11(15)10(16)9-3-4-12-8-14-9/h3-5,7-8H,2,6H2,1H3. The van der Waals surface area contributed by atoms with Crippen molar-refractivity contribution < 1.29 is 4.79 Å². The van der Waals surface area contributed by atoms with Crippen molar-refractivity contribution in [2.45, 2.75) is 19.9 Å². The lowest BCUT2D eigenvalue weighted by atomic mass is 10.2. The van der Waals surface area contributed by atoms with E-state index in [0.717, 1.165) is 13.0 Å². The predicted molar refractivity (Wildman–Crippen MR) is 58.0 cm³/mol. The first-order chi connectivity index (χ1) is 7.83. The Bertz CT molecular complexity index is 478. The van der Waals surface area contributed by atoms with E-state index in [1.165, 1.54) is 6.33 Å². The minimum Gasteiger partial charge on any atom is -0.328 e. The molecule has 82 valence electrons. The molecular weight excluding hydrogens is 204 g/mol. The fraction of sp³-hybridized carbons (Fsp3) is 0.273. The number of ketones is 1. The predicted octanol–water partition coefficient (Wildman–Crippen LogP) is 1.31. The van der Waals surface area contributed by atoms with Crippen molar-refractivity contribution in [2.24, 2.45) is 0 Å². The minimum atomic E-state index is -0.166. The van der Waals surface area contributed by atoms with Gasteiger partial charge in [-0.3, -0.25) is 4.79 Å². The Morgan fingerprint density at radius 1 is 1.38 bits per heavy atom. The molecule has 2 aromatic rings. The van der Waals surface area contributed by atoms with Gasteiger partial charge in [0.15, 0.2) is 5.82 Å². The summed E-state index contributed by atoms with van der Waals surface area (Å²) < 4.78 is 1.84. The lowest BCUT2D eigenvalue weighted by molar-refractivity contribution is 0.102. The van der Waals surface area contributed by atoms with Crippen LogP contribution in [-0.4, -0.2) is 25.3 Å². The molecule has 2 aromatic heterocycles. The first kappa shape index (κ1) is 10.5. The molecule has 0 saturated heterocycles. The van der Waals surface area contributed by atoms with Crippen LogP contribution < -0.4 is 0 Å². The minimum absolute atomic E-state index is 0.166. The van der Waals surface area contributed by atoms with Gasteiger partial charge in [0.1, 0.15) is 12.0 Å². The normalized spacial score (nSPS) is 10.3. The summed E-state index contributed by atoms with van der Waals surface area (Å²) in [5.41, 5.74) is 0.374. The number of imidazole rings is 1. The van der Waals surface area contributed by atoms with Crippen molar-refractivity contribution in [1.29, 1.82) is 0 Å². The third-order valence-electron chi connectivity index (χ3n) is 2.20. The zero-order valence-corrected chi connectivity index (χ0v) is 9.00. The van der Waals surface area contributed by atoms with Gasteiger partial charge in [-0.05, 0) is 12.5 Å². The number of rotatable bonds is 4. The Balaban J connectivity index is 2.31. The van der Waals surface area contributed by atoms with E-state index < -0.39 is 0 Å². The maximum absolute atomic E-state index is 12.0. The number of nitrogens with zero attached hydrogens (tertiary/aromatic N) is 4. The van der Waals surface area contributed by atoms with E-state index in [0.29, 0.717) is 11.5 Å². The molecular formula is C11H12N4O.